The van der Waals surface area contributed by atoms with E-state index in [0.29, 0.717) is 5.92 Å². The highest BCUT2D eigenvalue weighted by Crippen LogP contribution is 2.29. The number of carbonyl (C=O) groups excluding carboxylic acids is 1. The van der Waals surface area contributed by atoms with E-state index < -0.39 is 12.1 Å². The average Bonchev–Trinajstić information content (AvgIpc) is 3.25. The van der Waals surface area contributed by atoms with E-state index in [9.17, 15) is 18.0 Å². The van der Waals surface area contributed by atoms with Crippen molar-refractivity contribution in [2.75, 3.05) is 13.1 Å². The first-order valence-corrected chi connectivity index (χ1v) is 10.3. The minimum atomic E-state index is -5.08. The van der Waals surface area contributed by atoms with Crippen LogP contribution in [0.2, 0.25) is 0 Å². The number of aryl methyl sites for hydroxylation is 2. The number of carbonyl (C=O) groups is 2. The summed E-state index contributed by atoms with van der Waals surface area (Å²) >= 11 is 0. The summed E-state index contributed by atoms with van der Waals surface area (Å²) in [5.41, 5.74) is 3.24. The van der Waals surface area contributed by atoms with E-state index in [1.54, 1.807) is 0 Å². The predicted molar refractivity (Wildman–Crippen MR) is 107 cm³/mol. The molecule has 0 aromatic carbocycles. The number of carboxylic acid groups (broad SMARTS) is 1. The van der Waals surface area contributed by atoms with Crippen molar-refractivity contribution < 1.29 is 27.9 Å². The van der Waals surface area contributed by atoms with Crippen LogP contribution in [0.3, 0.4) is 0 Å². The minimum Gasteiger partial charge on any atom is -0.475 e. The van der Waals surface area contributed by atoms with Crippen molar-refractivity contribution in [3.05, 3.63) is 35.7 Å². The lowest BCUT2D eigenvalue weighted by molar-refractivity contribution is -0.192. The van der Waals surface area contributed by atoms with Gasteiger partial charge in [0.05, 0.1) is 29.8 Å². The van der Waals surface area contributed by atoms with Crippen LogP contribution < -0.4 is 5.32 Å². The maximum Gasteiger partial charge on any atom is 0.490 e. The molecule has 2 N–H and O–H groups in total. The number of fused-ring (bicyclic) bond motifs is 1. The van der Waals surface area contributed by atoms with Crippen molar-refractivity contribution in [3.8, 4) is 0 Å². The number of imidazole rings is 1. The Bertz CT molecular complexity index is 951. The molecule has 9 nitrogen and oxygen atoms in total. The molecular weight excluding hydrogens is 429 g/mol. The van der Waals surface area contributed by atoms with E-state index >= 15 is 0 Å². The number of nitrogens with zero attached hydrogens (tertiary/aromatic N) is 5. The Hall–Kier alpha value is -2.89. The van der Waals surface area contributed by atoms with Crippen LogP contribution in [-0.2, 0) is 36.8 Å². The van der Waals surface area contributed by atoms with E-state index in [0.717, 1.165) is 43.1 Å². The van der Waals surface area contributed by atoms with Crippen molar-refractivity contribution in [2.24, 2.45) is 20.0 Å². The van der Waals surface area contributed by atoms with E-state index in [1.165, 1.54) is 19.3 Å². The fraction of sp³-hybridized carbons (Fsp3) is 0.600. The van der Waals surface area contributed by atoms with Gasteiger partial charge < -0.3 is 15.0 Å². The highest BCUT2D eigenvalue weighted by Gasteiger charge is 2.38. The molecule has 3 heterocycles. The molecule has 4 rings (SSSR count). The fourth-order valence-electron chi connectivity index (χ4n) is 3.88. The Balaban J connectivity index is 0.000000360. The lowest BCUT2D eigenvalue weighted by atomic mass is 9.85. The van der Waals surface area contributed by atoms with Crippen LogP contribution in [0.5, 0.6) is 0 Å². The summed E-state index contributed by atoms with van der Waals surface area (Å²) in [5, 5.41) is 14.5. The molecule has 0 radical (unpaired) electrons. The van der Waals surface area contributed by atoms with Crippen LogP contribution in [0.15, 0.2) is 18.7 Å². The van der Waals surface area contributed by atoms with Gasteiger partial charge in [0.1, 0.15) is 0 Å². The van der Waals surface area contributed by atoms with Gasteiger partial charge in [0.25, 0.3) is 0 Å². The Labute approximate surface area is 183 Å². The van der Waals surface area contributed by atoms with Gasteiger partial charge >= 0.3 is 12.1 Å². The first-order valence-electron chi connectivity index (χ1n) is 10.3. The van der Waals surface area contributed by atoms with Crippen molar-refractivity contribution in [2.45, 2.75) is 44.4 Å². The van der Waals surface area contributed by atoms with Crippen molar-refractivity contribution >= 4 is 11.9 Å². The number of rotatable bonds is 5. The number of nitrogens with one attached hydrogen (secondary N) is 1. The van der Waals surface area contributed by atoms with Gasteiger partial charge in [-0.15, -0.1) is 0 Å². The van der Waals surface area contributed by atoms with Crippen molar-refractivity contribution in [1.82, 2.24) is 29.5 Å². The second kappa shape index (κ2) is 9.72. The van der Waals surface area contributed by atoms with E-state index in [1.807, 2.05) is 42.1 Å². The predicted octanol–water partition coefficient (Wildman–Crippen LogP) is 1.80. The minimum absolute atomic E-state index is 0.132. The molecule has 2 aromatic rings. The Morgan fingerprint density at radius 3 is 2.50 bits per heavy atom. The number of hydrogen-bond donors (Lipinski definition) is 2. The van der Waals surface area contributed by atoms with E-state index in [2.05, 4.69) is 20.3 Å². The smallest absolute Gasteiger partial charge is 0.475 e. The molecule has 1 amide bonds. The van der Waals surface area contributed by atoms with Gasteiger partial charge in [-0.1, -0.05) is 6.42 Å². The number of carboxylic acids is 1. The molecule has 1 unspecified atom stereocenters. The maximum absolute atomic E-state index is 12.9. The van der Waals surface area contributed by atoms with Crippen LogP contribution in [0.25, 0.3) is 0 Å². The first-order chi connectivity index (χ1) is 15.0. The van der Waals surface area contributed by atoms with Crippen molar-refractivity contribution in [3.63, 3.8) is 0 Å². The molecule has 1 aliphatic heterocycles. The van der Waals surface area contributed by atoms with Gasteiger partial charge in [-0.05, 0) is 18.8 Å². The quantitative estimate of drug-likeness (QED) is 0.711. The molecule has 0 saturated heterocycles. The van der Waals surface area contributed by atoms with Gasteiger partial charge in [-0.3, -0.25) is 14.4 Å². The van der Waals surface area contributed by atoms with Crippen LogP contribution in [-0.4, -0.2) is 60.5 Å². The van der Waals surface area contributed by atoms with E-state index in [-0.39, 0.29) is 11.8 Å². The lowest BCUT2D eigenvalue weighted by Gasteiger charge is -2.33. The number of hydrogen-bond acceptors (Lipinski definition) is 5. The van der Waals surface area contributed by atoms with Crippen LogP contribution in [0.1, 0.15) is 42.1 Å². The second-order valence-corrected chi connectivity index (χ2v) is 8.28. The van der Waals surface area contributed by atoms with Crippen molar-refractivity contribution in [1.29, 1.82) is 0 Å². The number of halogens is 3. The monoisotopic (exact) mass is 456 g/mol. The molecule has 0 bridgehead atoms. The number of alkyl halides is 3. The Kier molecular flexibility index (Phi) is 7.22. The third kappa shape index (κ3) is 5.87. The number of amides is 1. The van der Waals surface area contributed by atoms with Crippen LogP contribution in [0.4, 0.5) is 13.2 Å². The summed E-state index contributed by atoms with van der Waals surface area (Å²) in [4.78, 5) is 28.6. The molecule has 2 aromatic heterocycles. The zero-order valence-electron chi connectivity index (χ0n) is 18.0. The molecule has 32 heavy (non-hydrogen) atoms. The summed E-state index contributed by atoms with van der Waals surface area (Å²) in [7, 11) is 3.90. The number of aromatic nitrogens is 4. The zero-order chi connectivity index (χ0) is 23.5. The topological polar surface area (TPSA) is 105 Å². The summed E-state index contributed by atoms with van der Waals surface area (Å²) in [5.74, 6) is -2.11. The number of aliphatic carboxylic acids is 1. The summed E-state index contributed by atoms with van der Waals surface area (Å²) < 4.78 is 35.6. The molecular formula is C20H27F3N6O3. The molecule has 1 atom stereocenters. The summed E-state index contributed by atoms with van der Waals surface area (Å²) in [6.07, 6.45) is 4.45. The summed E-state index contributed by atoms with van der Waals surface area (Å²) in [6.45, 7) is 3.09. The van der Waals surface area contributed by atoms with Gasteiger partial charge in [-0.2, -0.15) is 18.3 Å². The Morgan fingerprint density at radius 1 is 1.28 bits per heavy atom. The maximum atomic E-state index is 12.9. The largest absolute Gasteiger partial charge is 0.490 e. The van der Waals surface area contributed by atoms with Crippen LogP contribution >= 0.6 is 0 Å². The Morgan fingerprint density at radius 2 is 1.97 bits per heavy atom. The SMILES string of the molecule is Cn1cc(CN2Cc3ncn(C)c3C(C(=O)NCC3CCC3)C2)cn1.O=C(O)C(F)(F)F. The standard InChI is InChI=1S/C18H26N6O.C2HF3O2/c1-22-12-20-16-11-24(9-14-7-21-23(2)8-14)10-15(17(16)22)18(25)19-6-13-4-3-5-13;3-2(4,5)1(6)7/h7-8,12-13,15H,3-6,9-11H2,1-2H3,(H,19,25);(H,6,7). The van der Waals surface area contributed by atoms with Gasteiger partial charge in [0, 0.05) is 52.0 Å². The normalized spacial score (nSPS) is 18.8. The molecule has 176 valence electrons. The fourth-order valence-corrected chi connectivity index (χ4v) is 3.88. The van der Waals surface area contributed by atoms with Gasteiger partial charge in [-0.25, -0.2) is 9.78 Å². The van der Waals surface area contributed by atoms with E-state index in [4.69, 9.17) is 9.90 Å². The molecule has 1 aliphatic carbocycles. The second-order valence-electron chi connectivity index (χ2n) is 8.28. The lowest BCUT2D eigenvalue weighted by Crippen LogP contribution is -2.43. The third-order valence-corrected chi connectivity index (χ3v) is 5.72. The molecule has 12 heteroatoms. The van der Waals surface area contributed by atoms with Gasteiger partial charge in [0.15, 0.2) is 0 Å². The van der Waals surface area contributed by atoms with Gasteiger partial charge in [0.2, 0.25) is 5.91 Å². The van der Waals surface area contributed by atoms with Crippen LogP contribution in [0, 0.1) is 5.92 Å². The molecule has 0 spiro atoms. The molecule has 2 aliphatic rings. The molecule has 1 fully saturated rings. The average molecular weight is 456 g/mol. The molecule has 1 saturated carbocycles. The zero-order valence-corrected chi connectivity index (χ0v) is 18.0. The highest BCUT2D eigenvalue weighted by molar-refractivity contribution is 5.84. The third-order valence-electron chi connectivity index (χ3n) is 5.72. The highest BCUT2D eigenvalue weighted by atomic mass is 19.4. The summed E-state index contributed by atoms with van der Waals surface area (Å²) in [6, 6.07) is 0. The first kappa shape index (κ1) is 23.8.